The minimum absolute atomic E-state index is 0.230. The fraction of sp³-hybridized carbons (Fsp3) is 0.609. The molecule has 6 nitrogen and oxygen atoms in total. The van der Waals surface area contributed by atoms with Gasteiger partial charge in [-0.1, -0.05) is 25.0 Å². The molecule has 1 atom stereocenters. The van der Waals surface area contributed by atoms with E-state index in [1.807, 2.05) is 34.2 Å². The summed E-state index contributed by atoms with van der Waals surface area (Å²) in [6.07, 6.45) is 11.5. The highest BCUT2D eigenvalue weighted by molar-refractivity contribution is 5.92. The zero-order valence-electron chi connectivity index (χ0n) is 17.1. The van der Waals surface area contributed by atoms with Crippen LogP contribution in [0, 0.1) is 5.41 Å². The first-order valence-electron chi connectivity index (χ1n) is 11.2. The number of rotatable bonds is 3. The van der Waals surface area contributed by atoms with Crippen LogP contribution in [0.4, 0.5) is 5.82 Å². The van der Waals surface area contributed by atoms with E-state index < -0.39 is 5.41 Å². The number of likely N-dealkylation sites (tertiary alicyclic amines) is 1. The Morgan fingerprint density at radius 1 is 1.07 bits per heavy atom. The van der Waals surface area contributed by atoms with Crippen molar-refractivity contribution in [3.8, 4) is 0 Å². The molecule has 0 N–H and O–H groups in total. The third kappa shape index (κ3) is 3.13. The molecule has 3 fully saturated rings. The highest BCUT2D eigenvalue weighted by atomic mass is 16.2. The van der Waals surface area contributed by atoms with Gasteiger partial charge in [-0.3, -0.25) is 9.59 Å². The van der Waals surface area contributed by atoms with Crippen molar-refractivity contribution < 1.29 is 9.59 Å². The molecule has 154 valence electrons. The number of anilines is 1. The maximum absolute atomic E-state index is 13.8. The first kappa shape index (κ1) is 18.6. The van der Waals surface area contributed by atoms with Crippen molar-refractivity contribution in [2.24, 2.45) is 5.41 Å². The number of fused-ring (bicyclic) bond motifs is 1. The maximum atomic E-state index is 13.8. The summed E-state index contributed by atoms with van der Waals surface area (Å²) in [5.41, 5.74) is 0.571. The Morgan fingerprint density at radius 3 is 2.59 bits per heavy atom. The van der Waals surface area contributed by atoms with E-state index >= 15 is 0 Å². The van der Waals surface area contributed by atoms with E-state index in [0.29, 0.717) is 18.9 Å². The van der Waals surface area contributed by atoms with E-state index in [2.05, 4.69) is 16.0 Å². The highest BCUT2D eigenvalue weighted by Gasteiger charge is 2.53. The zero-order chi connectivity index (χ0) is 19.8. The summed E-state index contributed by atoms with van der Waals surface area (Å²) >= 11 is 0. The molecule has 3 heterocycles. The van der Waals surface area contributed by atoms with E-state index in [4.69, 9.17) is 0 Å². The Bertz CT molecular complexity index is 809. The second-order valence-electron chi connectivity index (χ2n) is 8.88. The van der Waals surface area contributed by atoms with Crippen molar-refractivity contribution >= 4 is 17.6 Å². The van der Waals surface area contributed by atoms with Crippen LogP contribution in [0.5, 0.6) is 0 Å². The van der Waals surface area contributed by atoms with Crippen molar-refractivity contribution in [1.29, 1.82) is 0 Å². The molecular weight excluding hydrogens is 364 g/mol. The van der Waals surface area contributed by atoms with Crippen LogP contribution >= 0.6 is 0 Å². The summed E-state index contributed by atoms with van der Waals surface area (Å²) in [7, 11) is 0. The van der Waals surface area contributed by atoms with Crippen molar-refractivity contribution in [2.45, 2.75) is 57.4 Å². The number of allylic oxidation sites excluding steroid dienone is 1. The number of hydrogen-bond donors (Lipinski definition) is 0. The van der Waals surface area contributed by atoms with Gasteiger partial charge in [0.15, 0.2) is 0 Å². The molecule has 1 saturated carbocycles. The van der Waals surface area contributed by atoms with Gasteiger partial charge >= 0.3 is 0 Å². The molecular formula is C23H30N4O2. The topological polar surface area (TPSA) is 56.8 Å². The fourth-order valence-electron chi connectivity index (χ4n) is 5.80. The second kappa shape index (κ2) is 7.47. The van der Waals surface area contributed by atoms with Gasteiger partial charge in [0.2, 0.25) is 11.8 Å². The van der Waals surface area contributed by atoms with Gasteiger partial charge in [0.05, 0.1) is 5.41 Å². The van der Waals surface area contributed by atoms with Gasteiger partial charge in [0.1, 0.15) is 5.82 Å². The number of pyridine rings is 1. The van der Waals surface area contributed by atoms with Gasteiger partial charge in [-0.05, 0) is 44.2 Å². The van der Waals surface area contributed by atoms with Gasteiger partial charge in [0.25, 0.3) is 0 Å². The molecule has 6 heteroatoms. The molecule has 5 rings (SSSR count). The molecule has 2 aliphatic heterocycles. The van der Waals surface area contributed by atoms with Crippen molar-refractivity contribution in [2.75, 3.05) is 31.1 Å². The molecule has 1 aromatic heterocycles. The molecule has 0 spiro atoms. The highest BCUT2D eigenvalue weighted by Crippen LogP contribution is 2.51. The standard InChI is InChI=1S/C23H30N4O2/c28-21-10-12-23(11-5-8-19(23)27(21)18-6-1-2-7-18)22(29)26-16-14-25(15-17-26)20-9-3-4-13-24-20/h3-4,8-9,13,18H,1-2,5-7,10-12,14-17H2. The van der Waals surface area contributed by atoms with Crippen molar-refractivity contribution in [3.05, 3.63) is 36.2 Å². The fourth-order valence-corrected chi connectivity index (χ4v) is 5.80. The van der Waals surface area contributed by atoms with Gasteiger partial charge in [-0.25, -0.2) is 4.98 Å². The Morgan fingerprint density at radius 2 is 1.86 bits per heavy atom. The lowest BCUT2D eigenvalue weighted by Crippen LogP contribution is -2.57. The van der Waals surface area contributed by atoms with Crippen LogP contribution in [0.3, 0.4) is 0 Å². The molecule has 0 bridgehead atoms. The van der Waals surface area contributed by atoms with E-state index in [1.165, 1.54) is 12.8 Å². The van der Waals surface area contributed by atoms with Crippen LogP contribution in [-0.4, -0.2) is 58.8 Å². The first-order valence-corrected chi connectivity index (χ1v) is 11.2. The number of aromatic nitrogens is 1. The summed E-state index contributed by atoms with van der Waals surface area (Å²) in [6.45, 7) is 3.07. The number of carbonyl (C=O) groups excluding carboxylic acids is 2. The third-order valence-corrected chi connectivity index (χ3v) is 7.33. The lowest BCUT2D eigenvalue weighted by molar-refractivity contribution is -0.147. The second-order valence-corrected chi connectivity index (χ2v) is 8.88. The summed E-state index contributed by atoms with van der Waals surface area (Å²) < 4.78 is 0. The van der Waals surface area contributed by atoms with Crippen LogP contribution in [0.2, 0.25) is 0 Å². The quantitative estimate of drug-likeness (QED) is 0.791. The van der Waals surface area contributed by atoms with Crippen molar-refractivity contribution in [1.82, 2.24) is 14.8 Å². The van der Waals surface area contributed by atoms with Crippen LogP contribution in [-0.2, 0) is 9.59 Å². The molecule has 4 aliphatic rings. The number of carbonyl (C=O) groups is 2. The molecule has 2 aliphatic carbocycles. The summed E-state index contributed by atoms with van der Waals surface area (Å²) in [5.74, 6) is 1.46. The molecule has 0 radical (unpaired) electrons. The molecule has 2 saturated heterocycles. The predicted octanol–water partition coefficient (Wildman–Crippen LogP) is 2.96. The first-order chi connectivity index (χ1) is 14.2. The Hall–Kier alpha value is -2.37. The van der Waals surface area contributed by atoms with Crippen molar-refractivity contribution in [3.63, 3.8) is 0 Å². The number of hydrogen-bond acceptors (Lipinski definition) is 4. The summed E-state index contributed by atoms with van der Waals surface area (Å²) in [5, 5.41) is 0. The summed E-state index contributed by atoms with van der Waals surface area (Å²) in [6, 6.07) is 6.27. The largest absolute Gasteiger partial charge is 0.353 e. The number of piperidine rings is 1. The normalized spacial score (nSPS) is 27.9. The molecule has 0 aromatic carbocycles. The lowest BCUT2D eigenvalue weighted by atomic mass is 9.75. The zero-order valence-corrected chi connectivity index (χ0v) is 17.1. The predicted molar refractivity (Wildman–Crippen MR) is 111 cm³/mol. The lowest BCUT2D eigenvalue weighted by Gasteiger charge is -2.47. The van der Waals surface area contributed by atoms with Crippen LogP contribution in [0.25, 0.3) is 0 Å². The van der Waals surface area contributed by atoms with Crippen LogP contribution in [0.15, 0.2) is 36.2 Å². The number of nitrogens with zero attached hydrogens (tertiary/aromatic N) is 4. The minimum atomic E-state index is -0.469. The average Bonchev–Trinajstić information content (AvgIpc) is 3.45. The van der Waals surface area contributed by atoms with Gasteiger partial charge in [-0.2, -0.15) is 0 Å². The van der Waals surface area contributed by atoms with E-state index in [-0.39, 0.29) is 11.8 Å². The number of amides is 2. The van der Waals surface area contributed by atoms with Crippen LogP contribution in [0.1, 0.15) is 51.4 Å². The van der Waals surface area contributed by atoms with Crippen LogP contribution < -0.4 is 4.90 Å². The monoisotopic (exact) mass is 394 g/mol. The maximum Gasteiger partial charge on any atom is 0.234 e. The Labute approximate surface area is 172 Å². The van der Waals surface area contributed by atoms with E-state index in [9.17, 15) is 9.59 Å². The minimum Gasteiger partial charge on any atom is -0.353 e. The van der Waals surface area contributed by atoms with E-state index in [1.54, 1.807) is 0 Å². The van der Waals surface area contributed by atoms with Gasteiger partial charge < -0.3 is 14.7 Å². The van der Waals surface area contributed by atoms with Gasteiger partial charge in [0, 0.05) is 50.5 Å². The summed E-state index contributed by atoms with van der Waals surface area (Å²) in [4.78, 5) is 37.4. The number of piperazine rings is 1. The molecule has 1 unspecified atom stereocenters. The Kier molecular flexibility index (Phi) is 4.80. The SMILES string of the molecule is O=C1CCC2(C(=O)N3CCN(c4ccccn4)CC3)CCC=C2N1C1CCCC1. The molecule has 1 aromatic rings. The van der Waals surface area contributed by atoms with E-state index in [0.717, 1.165) is 63.4 Å². The molecule has 2 amide bonds. The smallest absolute Gasteiger partial charge is 0.234 e. The average molecular weight is 395 g/mol. The van der Waals surface area contributed by atoms with Gasteiger partial charge in [-0.15, -0.1) is 0 Å². The Balaban J connectivity index is 1.33. The third-order valence-electron chi connectivity index (χ3n) is 7.33. The molecule has 29 heavy (non-hydrogen) atoms.